The van der Waals surface area contributed by atoms with Crippen LogP contribution in [0, 0.1) is 0 Å². The van der Waals surface area contributed by atoms with Crippen LogP contribution in [0.4, 0.5) is 0 Å². The maximum atomic E-state index is 12.9. The van der Waals surface area contributed by atoms with E-state index < -0.39 is 29.7 Å². The Hall–Kier alpha value is -5.66. The summed E-state index contributed by atoms with van der Waals surface area (Å²) in [7, 11) is 0. The van der Waals surface area contributed by atoms with E-state index in [1.807, 2.05) is 24.4 Å². The highest BCUT2D eigenvalue weighted by atomic mass is 16.6. The molecule has 0 aliphatic carbocycles. The summed E-state index contributed by atoms with van der Waals surface area (Å²) in [5.74, 6) is -1.31. The Bertz CT molecular complexity index is 2030. The Kier molecular flexibility index (Phi) is 8.77. The van der Waals surface area contributed by atoms with Crippen molar-refractivity contribution in [3.63, 3.8) is 0 Å². The molecule has 0 bridgehead atoms. The van der Waals surface area contributed by atoms with E-state index in [9.17, 15) is 19.2 Å². The van der Waals surface area contributed by atoms with Gasteiger partial charge in [0.15, 0.2) is 0 Å². The lowest BCUT2D eigenvalue weighted by Crippen LogP contribution is -2.54. The molecule has 0 radical (unpaired) electrons. The largest absolute Gasteiger partial charge is 0.491 e. The molecule has 0 saturated carbocycles. The van der Waals surface area contributed by atoms with Crippen molar-refractivity contribution >= 4 is 45.4 Å². The van der Waals surface area contributed by atoms with Crippen molar-refractivity contribution in [2.75, 3.05) is 39.6 Å². The molecule has 2 aromatic carbocycles. The molecule has 1 unspecified atom stereocenters. The van der Waals surface area contributed by atoms with Gasteiger partial charge in [0.25, 0.3) is 11.8 Å². The number of rotatable bonds is 13. The molecule has 1 saturated heterocycles. The Morgan fingerprint density at radius 3 is 2.29 bits per heavy atom. The van der Waals surface area contributed by atoms with Crippen LogP contribution in [0.15, 0.2) is 73.2 Å². The molecular formula is C35H31N5O8. The molecule has 0 spiro atoms. The van der Waals surface area contributed by atoms with E-state index in [0.29, 0.717) is 38.1 Å². The monoisotopic (exact) mass is 649 g/mol. The fourth-order valence-corrected chi connectivity index (χ4v) is 5.85. The van der Waals surface area contributed by atoms with Crippen LogP contribution in [0.5, 0.6) is 11.6 Å². The number of nitrogens with one attached hydrogen (secondary N) is 2. The molecule has 13 nitrogen and oxygen atoms in total. The smallest absolute Gasteiger partial charge is 0.262 e. The second kappa shape index (κ2) is 13.6. The van der Waals surface area contributed by atoms with E-state index in [0.717, 1.165) is 37.8 Å². The molecular weight excluding hydrogens is 618 g/mol. The van der Waals surface area contributed by atoms with Gasteiger partial charge in [0, 0.05) is 58.4 Å². The molecule has 5 heterocycles. The normalized spacial score (nSPS) is 16.1. The van der Waals surface area contributed by atoms with Gasteiger partial charge in [0.05, 0.1) is 37.6 Å². The molecule has 2 aliphatic rings. The summed E-state index contributed by atoms with van der Waals surface area (Å²) in [5, 5.41) is 4.41. The topological polar surface area (TPSA) is 162 Å². The van der Waals surface area contributed by atoms with Crippen LogP contribution in [0.2, 0.25) is 0 Å². The van der Waals surface area contributed by atoms with Gasteiger partial charge in [0.1, 0.15) is 25.0 Å². The molecule has 13 heteroatoms. The van der Waals surface area contributed by atoms with Crippen LogP contribution in [0.3, 0.4) is 0 Å². The van der Waals surface area contributed by atoms with Crippen LogP contribution < -0.4 is 14.8 Å². The van der Waals surface area contributed by atoms with Gasteiger partial charge in [-0.25, -0.2) is 4.98 Å². The highest BCUT2D eigenvalue weighted by molar-refractivity contribution is 6.23. The summed E-state index contributed by atoms with van der Waals surface area (Å²) in [5.41, 5.74) is 4.48. The van der Waals surface area contributed by atoms with Gasteiger partial charge in [0.2, 0.25) is 17.7 Å². The third kappa shape index (κ3) is 6.33. The molecule has 1 atom stereocenters. The van der Waals surface area contributed by atoms with E-state index in [1.54, 1.807) is 18.5 Å². The first-order valence-electron chi connectivity index (χ1n) is 15.5. The highest BCUT2D eigenvalue weighted by Gasteiger charge is 2.44. The molecule has 1 fully saturated rings. The van der Waals surface area contributed by atoms with Crippen LogP contribution >= 0.6 is 0 Å². The fourth-order valence-electron chi connectivity index (χ4n) is 5.85. The van der Waals surface area contributed by atoms with Gasteiger partial charge in [-0.05, 0) is 48.4 Å². The number of aromatic amines is 1. The Balaban J connectivity index is 0.785. The van der Waals surface area contributed by atoms with Crippen molar-refractivity contribution < 1.29 is 38.1 Å². The van der Waals surface area contributed by atoms with Crippen LogP contribution in [-0.2, 0) is 19.1 Å². The number of nitrogens with zero attached hydrogens (tertiary/aromatic N) is 3. The quantitative estimate of drug-likeness (QED) is 0.142. The second-order valence-corrected chi connectivity index (χ2v) is 11.3. The van der Waals surface area contributed by atoms with Gasteiger partial charge < -0.3 is 23.9 Å². The molecule has 244 valence electrons. The third-order valence-corrected chi connectivity index (χ3v) is 8.23. The van der Waals surface area contributed by atoms with E-state index in [1.165, 1.54) is 12.1 Å². The summed E-state index contributed by atoms with van der Waals surface area (Å²) < 4.78 is 22.5. The second-order valence-electron chi connectivity index (χ2n) is 11.3. The number of hydrogen-bond acceptors (Lipinski definition) is 10. The lowest BCUT2D eigenvalue weighted by molar-refractivity contribution is -0.136. The molecule has 2 N–H and O–H groups in total. The van der Waals surface area contributed by atoms with Gasteiger partial charge in [-0.3, -0.25) is 34.4 Å². The summed E-state index contributed by atoms with van der Waals surface area (Å²) in [6.07, 6.45) is 5.59. The van der Waals surface area contributed by atoms with Crippen molar-refractivity contribution in [2.45, 2.75) is 18.9 Å². The number of pyridine rings is 2. The number of H-pyrrole nitrogens is 1. The number of aromatic nitrogens is 3. The average molecular weight is 650 g/mol. The predicted molar refractivity (Wildman–Crippen MR) is 173 cm³/mol. The first kappa shape index (κ1) is 31.0. The van der Waals surface area contributed by atoms with Crippen LogP contribution in [-0.4, -0.2) is 89.2 Å². The number of piperidine rings is 1. The molecule has 2 aliphatic heterocycles. The number of ether oxygens (including phenoxy) is 4. The van der Waals surface area contributed by atoms with Gasteiger partial charge >= 0.3 is 0 Å². The summed E-state index contributed by atoms with van der Waals surface area (Å²) in [4.78, 5) is 62.4. The van der Waals surface area contributed by atoms with Crippen molar-refractivity contribution in [1.82, 2.24) is 25.2 Å². The predicted octanol–water partition coefficient (Wildman–Crippen LogP) is 3.67. The molecule has 7 rings (SSSR count). The van der Waals surface area contributed by atoms with E-state index in [4.69, 9.17) is 18.9 Å². The third-order valence-electron chi connectivity index (χ3n) is 8.23. The minimum atomic E-state index is -1.01. The number of imide groups is 2. The van der Waals surface area contributed by atoms with Crippen LogP contribution in [0.1, 0.15) is 33.6 Å². The van der Waals surface area contributed by atoms with E-state index >= 15 is 0 Å². The zero-order valence-corrected chi connectivity index (χ0v) is 25.8. The number of fused-ring (bicyclic) bond motifs is 4. The molecule has 48 heavy (non-hydrogen) atoms. The molecule has 5 aromatic rings. The Labute approximate surface area is 274 Å². The van der Waals surface area contributed by atoms with Gasteiger partial charge in [-0.2, -0.15) is 0 Å². The molecule has 4 amide bonds. The highest BCUT2D eigenvalue weighted by Crippen LogP contribution is 2.31. The first-order chi connectivity index (χ1) is 23.5. The van der Waals surface area contributed by atoms with E-state index in [-0.39, 0.29) is 37.2 Å². The maximum Gasteiger partial charge on any atom is 0.262 e. The standard InChI is InChI=1S/C35H31N5O8/c41-31-7-6-30(33(42)39-31)40-34(43)25-5-3-23(18-26(25)35(40)44)47-15-13-45-11-12-46-14-16-48-32-8-2-22(19-37-32)21-1-4-24-27-20-36-10-9-28(27)38-29(24)17-21/h1-5,8-10,17-20,30,38H,6-7,11-16H2,(H,39,41,42). The lowest BCUT2D eigenvalue weighted by atomic mass is 10.0. The van der Waals surface area contributed by atoms with E-state index in [2.05, 4.69) is 38.5 Å². The average Bonchev–Trinajstić information content (AvgIpc) is 3.59. The summed E-state index contributed by atoms with van der Waals surface area (Å²) in [6, 6.07) is 15.6. The van der Waals surface area contributed by atoms with Crippen molar-refractivity contribution in [3.8, 4) is 22.8 Å². The van der Waals surface area contributed by atoms with Crippen molar-refractivity contribution in [1.29, 1.82) is 0 Å². The zero-order chi connectivity index (χ0) is 33.0. The number of amides is 4. The molecule has 3 aromatic heterocycles. The van der Waals surface area contributed by atoms with Crippen LogP contribution in [0.25, 0.3) is 32.9 Å². The number of carbonyl (C=O) groups is 4. The SMILES string of the molecule is O=C1CCC(N2C(=O)c3ccc(OCCOCCOCCOc4ccc(-c5ccc6c(c5)[nH]c5ccncc56)cn4)cc3C2=O)C(=O)N1. The Morgan fingerprint density at radius 2 is 1.50 bits per heavy atom. The number of carbonyl (C=O) groups excluding carboxylic acids is 4. The van der Waals surface area contributed by atoms with Crippen molar-refractivity contribution in [2.24, 2.45) is 0 Å². The fraction of sp³-hybridized carbons (Fsp3) is 0.257. The maximum absolute atomic E-state index is 12.9. The summed E-state index contributed by atoms with van der Waals surface area (Å²) >= 11 is 0. The minimum absolute atomic E-state index is 0.0633. The Morgan fingerprint density at radius 1 is 0.729 bits per heavy atom. The van der Waals surface area contributed by atoms with Gasteiger partial charge in [-0.1, -0.05) is 12.1 Å². The van der Waals surface area contributed by atoms with Crippen molar-refractivity contribution in [3.05, 3.63) is 84.3 Å². The van der Waals surface area contributed by atoms with Gasteiger partial charge in [-0.15, -0.1) is 0 Å². The minimum Gasteiger partial charge on any atom is -0.491 e. The summed E-state index contributed by atoms with van der Waals surface area (Å²) in [6.45, 7) is 1.93. The number of hydrogen-bond donors (Lipinski definition) is 2. The first-order valence-corrected chi connectivity index (χ1v) is 15.5. The lowest BCUT2D eigenvalue weighted by Gasteiger charge is -2.27. The number of benzene rings is 2. The zero-order valence-electron chi connectivity index (χ0n) is 25.8.